The van der Waals surface area contributed by atoms with E-state index in [4.69, 9.17) is 10.5 Å². The van der Waals surface area contributed by atoms with Crippen LogP contribution in [0.25, 0.3) is 0 Å². The predicted octanol–water partition coefficient (Wildman–Crippen LogP) is -0.186. The van der Waals surface area contributed by atoms with Crippen molar-refractivity contribution in [2.45, 2.75) is 26.4 Å². The standard InChI is InChI=1S/C12H18N4O2/c1-7-10-4-9(5-16(3)6-11(13)17)18-12(10)15-8(2)14-7/h9H,4-6H2,1-3H3,(H2,13,17). The van der Waals surface area contributed by atoms with E-state index in [1.165, 1.54) is 0 Å². The van der Waals surface area contributed by atoms with Gasteiger partial charge >= 0.3 is 0 Å². The highest BCUT2D eigenvalue weighted by molar-refractivity contribution is 5.75. The molecule has 1 aromatic heterocycles. The summed E-state index contributed by atoms with van der Waals surface area (Å²) in [5, 5.41) is 0. The fraction of sp³-hybridized carbons (Fsp3) is 0.583. The molecular weight excluding hydrogens is 232 g/mol. The van der Waals surface area contributed by atoms with Gasteiger partial charge < -0.3 is 10.5 Å². The molecule has 0 spiro atoms. The summed E-state index contributed by atoms with van der Waals surface area (Å²) in [6.07, 6.45) is 0.795. The summed E-state index contributed by atoms with van der Waals surface area (Å²) >= 11 is 0. The summed E-state index contributed by atoms with van der Waals surface area (Å²) < 4.78 is 5.78. The molecule has 2 heterocycles. The zero-order chi connectivity index (χ0) is 13.3. The van der Waals surface area contributed by atoms with Gasteiger partial charge in [0, 0.05) is 24.2 Å². The number of primary amides is 1. The quantitative estimate of drug-likeness (QED) is 0.801. The van der Waals surface area contributed by atoms with E-state index in [-0.39, 0.29) is 18.6 Å². The van der Waals surface area contributed by atoms with E-state index < -0.39 is 0 Å². The molecule has 1 amide bonds. The number of nitrogens with zero attached hydrogens (tertiary/aromatic N) is 3. The van der Waals surface area contributed by atoms with E-state index in [1.54, 1.807) is 0 Å². The Bertz CT molecular complexity index is 475. The van der Waals surface area contributed by atoms with Crippen molar-refractivity contribution in [1.82, 2.24) is 14.9 Å². The summed E-state index contributed by atoms with van der Waals surface area (Å²) in [6, 6.07) is 0. The van der Waals surface area contributed by atoms with Crippen molar-refractivity contribution >= 4 is 5.91 Å². The topological polar surface area (TPSA) is 81.3 Å². The van der Waals surface area contributed by atoms with Crippen LogP contribution < -0.4 is 10.5 Å². The summed E-state index contributed by atoms with van der Waals surface area (Å²) in [6.45, 7) is 4.70. The average Bonchev–Trinajstić information content (AvgIpc) is 2.58. The Balaban J connectivity index is 2.02. The van der Waals surface area contributed by atoms with Gasteiger partial charge in [0.25, 0.3) is 0 Å². The van der Waals surface area contributed by atoms with Gasteiger partial charge in [0.2, 0.25) is 11.8 Å². The number of aromatic nitrogens is 2. The number of rotatable bonds is 4. The van der Waals surface area contributed by atoms with Gasteiger partial charge in [-0.15, -0.1) is 0 Å². The third-order valence-electron chi connectivity index (χ3n) is 2.94. The smallest absolute Gasteiger partial charge is 0.231 e. The molecule has 1 aliphatic heterocycles. The first-order valence-corrected chi connectivity index (χ1v) is 5.93. The zero-order valence-electron chi connectivity index (χ0n) is 10.9. The molecule has 2 N–H and O–H groups in total. The van der Waals surface area contributed by atoms with E-state index >= 15 is 0 Å². The number of carbonyl (C=O) groups excluding carboxylic acids is 1. The van der Waals surface area contributed by atoms with Crippen molar-refractivity contribution < 1.29 is 9.53 Å². The Hall–Kier alpha value is -1.69. The van der Waals surface area contributed by atoms with Gasteiger partial charge in [-0.1, -0.05) is 0 Å². The first-order chi connectivity index (χ1) is 8.45. The van der Waals surface area contributed by atoms with E-state index in [0.717, 1.165) is 23.5 Å². The number of likely N-dealkylation sites (N-methyl/N-ethyl adjacent to an activating group) is 1. The Morgan fingerprint density at radius 1 is 1.50 bits per heavy atom. The molecule has 0 saturated carbocycles. The number of amides is 1. The van der Waals surface area contributed by atoms with Crippen LogP contribution in [0.2, 0.25) is 0 Å². The molecular formula is C12H18N4O2. The second-order valence-electron chi connectivity index (χ2n) is 4.75. The molecule has 0 radical (unpaired) electrons. The molecule has 1 unspecified atom stereocenters. The molecule has 6 heteroatoms. The van der Waals surface area contributed by atoms with Crippen molar-refractivity contribution in [1.29, 1.82) is 0 Å². The minimum atomic E-state index is -0.333. The normalized spacial score (nSPS) is 17.7. The lowest BCUT2D eigenvalue weighted by Gasteiger charge is -2.18. The van der Waals surface area contributed by atoms with E-state index in [2.05, 4.69) is 9.97 Å². The number of nitrogens with two attached hydrogens (primary N) is 1. The molecule has 98 valence electrons. The first-order valence-electron chi connectivity index (χ1n) is 5.93. The summed E-state index contributed by atoms with van der Waals surface area (Å²) in [5.74, 6) is 1.06. The zero-order valence-corrected chi connectivity index (χ0v) is 10.9. The van der Waals surface area contributed by atoms with Crippen molar-refractivity contribution in [2.24, 2.45) is 5.73 Å². The van der Waals surface area contributed by atoms with E-state index in [9.17, 15) is 4.79 Å². The number of hydrogen-bond acceptors (Lipinski definition) is 5. The Morgan fingerprint density at radius 2 is 2.22 bits per heavy atom. The highest BCUT2D eigenvalue weighted by Gasteiger charge is 2.27. The van der Waals surface area contributed by atoms with Crippen LogP contribution >= 0.6 is 0 Å². The highest BCUT2D eigenvalue weighted by atomic mass is 16.5. The van der Waals surface area contributed by atoms with Crippen LogP contribution in [0.1, 0.15) is 17.1 Å². The molecule has 1 atom stereocenters. The number of ether oxygens (including phenoxy) is 1. The van der Waals surface area contributed by atoms with Crippen molar-refractivity contribution in [3.05, 3.63) is 17.1 Å². The van der Waals surface area contributed by atoms with E-state index in [1.807, 2.05) is 25.8 Å². The Labute approximate surface area is 106 Å². The molecule has 0 aromatic carbocycles. The molecule has 0 saturated heterocycles. The van der Waals surface area contributed by atoms with Crippen LogP contribution in [0.4, 0.5) is 0 Å². The maximum absolute atomic E-state index is 10.8. The monoisotopic (exact) mass is 250 g/mol. The number of carbonyl (C=O) groups is 1. The SMILES string of the molecule is Cc1nc(C)c2c(n1)OC(CN(C)CC(N)=O)C2. The fourth-order valence-electron chi connectivity index (χ4n) is 2.24. The van der Waals surface area contributed by atoms with Crippen LogP contribution in [0.5, 0.6) is 5.88 Å². The molecule has 1 aliphatic rings. The lowest BCUT2D eigenvalue weighted by molar-refractivity contribution is -0.119. The maximum Gasteiger partial charge on any atom is 0.231 e. The molecule has 2 rings (SSSR count). The predicted molar refractivity (Wildman–Crippen MR) is 66.3 cm³/mol. The largest absolute Gasteiger partial charge is 0.472 e. The van der Waals surface area contributed by atoms with Crippen LogP contribution in [-0.4, -0.2) is 47.0 Å². The van der Waals surface area contributed by atoms with Gasteiger partial charge in [-0.2, -0.15) is 4.98 Å². The fourth-order valence-corrected chi connectivity index (χ4v) is 2.24. The molecule has 1 aromatic rings. The number of hydrogen-bond donors (Lipinski definition) is 1. The minimum absolute atomic E-state index is 0.0131. The van der Waals surface area contributed by atoms with Gasteiger partial charge in [0.15, 0.2) is 0 Å². The van der Waals surface area contributed by atoms with Crippen LogP contribution in [-0.2, 0) is 11.2 Å². The molecule has 0 aliphatic carbocycles. The summed E-state index contributed by atoms with van der Waals surface area (Å²) in [4.78, 5) is 21.3. The van der Waals surface area contributed by atoms with E-state index in [0.29, 0.717) is 12.4 Å². The summed E-state index contributed by atoms with van der Waals surface area (Å²) in [7, 11) is 1.85. The molecule has 6 nitrogen and oxygen atoms in total. The maximum atomic E-state index is 10.8. The van der Waals surface area contributed by atoms with Gasteiger partial charge in [0.05, 0.1) is 6.54 Å². The molecule has 0 bridgehead atoms. The summed E-state index contributed by atoms with van der Waals surface area (Å²) in [5.41, 5.74) is 7.19. The van der Waals surface area contributed by atoms with Gasteiger partial charge in [-0.3, -0.25) is 9.69 Å². The first kappa shape index (κ1) is 12.8. The number of aryl methyl sites for hydroxylation is 2. The van der Waals surface area contributed by atoms with Gasteiger partial charge in [-0.05, 0) is 20.9 Å². The third-order valence-corrected chi connectivity index (χ3v) is 2.94. The van der Waals surface area contributed by atoms with Gasteiger partial charge in [-0.25, -0.2) is 4.98 Å². The second-order valence-corrected chi connectivity index (χ2v) is 4.75. The average molecular weight is 250 g/mol. The van der Waals surface area contributed by atoms with Crippen LogP contribution in [0, 0.1) is 13.8 Å². The Kier molecular flexibility index (Phi) is 3.47. The van der Waals surface area contributed by atoms with Crippen LogP contribution in [0.3, 0.4) is 0 Å². The van der Waals surface area contributed by atoms with Crippen molar-refractivity contribution in [3.63, 3.8) is 0 Å². The van der Waals surface area contributed by atoms with Crippen LogP contribution in [0.15, 0.2) is 0 Å². The minimum Gasteiger partial charge on any atom is -0.472 e. The lowest BCUT2D eigenvalue weighted by Crippen LogP contribution is -2.37. The molecule has 18 heavy (non-hydrogen) atoms. The second kappa shape index (κ2) is 4.89. The Morgan fingerprint density at radius 3 is 2.89 bits per heavy atom. The third kappa shape index (κ3) is 2.76. The molecule has 0 fully saturated rings. The van der Waals surface area contributed by atoms with Gasteiger partial charge in [0.1, 0.15) is 11.9 Å². The number of fused-ring (bicyclic) bond motifs is 1. The van der Waals surface area contributed by atoms with Crippen molar-refractivity contribution in [2.75, 3.05) is 20.1 Å². The lowest BCUT2D eigenvalue weighted by atomic mass is 10.1. The van der Waals surface area contributed by atoms with Crippen molar-refractivity contribution in [3.8, 4) is 5.88 Å². The highest BCUT2D eigenvalue weighted by Crippen LogP contribution is 2.28.